The fourth-order valence-corrected chi connectivity index (χ4v) is 2.61. The third kappa shape index (κ3) is 2.23. The number of carbonyl (C=O) groups excluding carboxylic acids is 1. The van der Waals surface area contributed by atoms with E-state index in [0.717, 1.165) is 24.1 Å². The van der Waals surface area contributed by atoms with Crippen LogP contribution in [0, 0.1) is 0 Å². The monoisotopic (exact) mass is 267 g/mol. The van der Waals surface area contributed by atoms with Gasteiger partial charge in [0.1, 0.15) is 0 Å². The molecule has 0 fully saturated rings. The van der Waals surface area contributed by atoms with Crippen LogP contribution in [0.3, 0.4) is 0 Å². The van der Waals surface area contributed by atoms with Crippen molar-refractivity contribution in [1.82, 2.24) is 0 Å². The van der Waals surface area contributed by atoms with Gasteiger partial charge in [0.25, 0.3) is 0 Å². The van der Waals surface area contributed by atoms with Crippen LogP contribution in [0.25, 0.3) is 0 Å². The lowest BCUT2D eigenvalue weighted by Gasteiger charge is -2.10. The Morgan fingerprint density at radius 1 is 1.53 bits per heavy atom. The Hall–Kier alpha value is -0.830. The first-order valence-electron chi connectivity index (χ1n) is 5.27. The zero-order valence-corrected chi connectivity index (χ0v) is 10.3. The molecule has 1 heterocycles. The van der Waals surface area contributed by atoms with E-state index in [1.54, 1.807) is 0 Å². The van der Waals surface area contributed by atoms with Crippen molar-refractivity contribution in [3.05, 3.63) is 29.3 Å². The van der Waals surface area contributed by atoms with Gasteiger partial charge in [-0.2, -0.15) is 0 Å². The summed E-state index contributed by atoms with van der Waals surface area (Å²) in [5, 5.41) is 2.84. The molecular weight excluding hydrogens is 254 g/mol. The molecule has 0 spiro atoms. The highest BCUT2D eigenvalue weighted by Gasteiger charge is 2.18. The van der Waals surface area contributed by atoms with E-state index in [2.05, 4.69) is 40.3 Å². The Balaban J connectivity index is 2.23. The molecular formula is C12H14BrNO. The van der Waals surface area contributed by atoms with Crippen LogP contribution in [0.4, 0.5) is 5.69 Å². The summed E-state index contributed by atoms with van der Waals surface area (Å²) in [6, 6.07) is 6.21. The maximum atomic E-state index is 11.2. The molecule has 0 radical (unpaired) electrons. The molecule has 0 saturated carbocycles. The van der Waals surface area contributed by atoms with E-state index in [-0.39, 0.29) is 5.91 Å². The maximum absolute atomic E-state index is 11.2. The molecule has 0 saturated heterocycles. The SMILES string of the molecule is CCCC(Br)c1ccc2c(c1)CC(=O)N2. The van der Waals surface area contributed by atoms with E-state index < -0.39 is 0 Å². The second kappa shape index (κ2) is 4.35. The molecule has 1 aromatic carbocycles. The fraction of sp³-hybridized carbons (Fsp3) is 0.417. The van der Waals surface area contributed by atoms with E-state index in [1.165, 1.54) is 5.56 Å². The first-order valence-corrected chi connectivity index (χ1v) is 6.19. The summed E-state index contributed by atoms with van der Waals surface area (Å²) in [6.07, 6.45) is 2.80. The summed E-state index contributed by atoms with van der Waals surface area (Å²) < 4.78 is 0. The van der Waals surface area contributed by atoms with Crippen molar-refractivity contribution in [2.75, 3.05) is 5.32 Å². The number of carbonyl (C=O) groups is 1. The van der Waals surface area contributed by atoms with Crippen molar-refractivity contribution >= 4 is 27.5 Å². The first kappa shape index (κ1) is 10.7. The lowest BCUT2D eigenvalue weighted by molar-refractivity contribution is -0.115. The lowest BCUT2D eigenvalue weighted by Crippen LogP contribution is -2.03. The highest BCUT2D eigenvalue weighted by atomic mass is 79.9. The fourth-order valence-electron chi connectivity index (χ4n) is 1.86. The van der Waals surface area contributed by atoms with Gasteiger partial charge >= 0.3 is 0 Å². The molecule has 2 rings (SSSR count). The highest BCUT2D eigenvalue weighted by Crippen LogP contribution is 2.32. The molecule has 1 amide bonds. The van der Waals surface area contributed by atoms with Gasteiger partial charge in [-0.1, -0.05) is 41.4 Å². The first-order chi connectivity index (χ1) is 7.20. The number of nitrogens with one attached hydrogen (secondary N) is 1. The summed E-state index contributed by atoms with van der Waals surface area (Å²) in [5.74, 6) is 0.101. The van der Waals surface area contributed by atoms with Gasteiger partial charge in [0.05, 0.1) is 6.42 Å². The zero-order chi connectivity index (χ0) is 10.8. The molecule has 2 nitrogen and oxygen atoms in total. The summed E-state index contributed by atoms with van der Waals surface area (Å²) in [4.78, 5) is 11.6. The predicted octanol–water partition coefficient (Wildman–Crippen LogP) is 3.42. The molecule has 1 unspecified atom stereocenters. The molecule has 1 atom stereocenters. The number of benzene rings is 1. The van der Waals surface area contributed by atoms with E-state index in [0.29, 0.717) is 11.2 Å². The predicted molar refractivity (Wildman–Crippen MR) is 65.4 cm³/mol. The second-order valence-corrected chi connectivity index (χ2v) is 5.00. The van der Waals surface area contributed by atoms with Gasteiger partial charge in [0.15, 0.2) is 0 Å². The van der Waals surface area contributed by atoms with Gasteiger partial charge in [0.2, 0.25) is 5.91 Å². The topological polar surface area (TPSA) is 29.1 Å². The summed E-state index contributed by atoms with van der Waals surface area (Å²) in [7, 11) is 0. The Labute approximate surface area is 98.2 Å². The van der Waals surface area contributed by atoms with E-state index in [4.69, 9.17) is 0 Å². The molecule has 1 N–H and O–H groups in total. The van der Waals surface area contributed by atoms with E-state index in [1.807, 2.05) is 6.07 Å². The van der Waals surface area contributed by atoms with Crippen LogP contribution >= 0.6 is 15.9 Å². The molecule has 0 aromatic heterocycles. The van der Waals surface area contributed by atoms with E-state index >= 15 is 0 Å². The third-order valence-electron chi connectivity index (χ3n) is 2.66. The van der Waals surface area contributed by atoms with Crippen LogP contribution < -0.4 is 5.32 Å². The van der Waals surface area contributed by atoms with Crippen LogP contribution in [0.1, 0.15) is 35.7 Å². The van der Waals surface area contributed by atoms with Crippen molar-refractivity contribution in [3.63, 3.8) is 0 Å². The van der Waals surface area contributed by atoms with Gasteiger partial charge in [-0.05, 0) is 23.6 Å². The lowest BCUT2D eigenvalue weighted by atomic mass is 10.0. The molecule has 15 heavy (non-hydrogen) atoms. The number of fused-ring (bicyclic) bond motifs is 1. The maximum Gasteiger partial charge on any atom is 0.228 e. The van der Waals surface area contributed by atoms with Gasteiger partial charge < -0.3 is 5.32 Å². The van der Waals surface area contributed by atoms with Crippen LogP contribution in [-0.2, 0) is 11.2 Å². The minimum Gasteiger partial charge on any atom is -0.326 e. The number of alkyl halides is 1. The Morgan fingerprint density at radius 2 is 2.33 bits per heavy atom. The summed E-state index contributed by atoms with van der Waals surface area (Å²) >= 11 is 3.66. The van der Waals surface area contributed by atoms with Gasteiger partial charge in [-0.15, -0.1) is 0 Å². The standard InChI is InChI=1S/C12H14BrNO/c1-2-3-10(13)8-4-5-11-9(6-8)7-12(15)14-11/h4-6,10H,2-3,7H2,1H3,(H,14,15). The Kier molecular flexibility index (Phi) is 3.10. The summed E-state index contributed by atoms with van der Waals surface area (Å²) in [5.41, 5.74) is 3.37. The number of halogens is 1. The smallest absolute Gasteiger partial charge is 0.228 e. The largest absolute Gasteiger partial charge is 0.326 e. The van der Waals surface area contributed by atoms with Gasteiger partial charge in [0, 0.05) is 10.5 Å². The molecule has 3 heteroatoms. The third-order valence-corrected chi connectivity index (χ3v) is 3.64. The minimum atomic E-state index is 0.101. The number of hydrogen-bond donors (Lipinski definition) is 1. The van der Waals surface area contributed by atoms with Crippen LogP contribution in [0.2, 0.25) is 0 Å². The Morgan fingerprint density at radius 3 is 3.07 bits per heavy atom. The molecule has 1 aliphatic heterocycles. The number of rotatable bonds is 3. The average molecular weight is 268 g/mol. The average Bonchev–Trinajstić information content (AvgIpc) is 2.57. The van der Waals surface area contributed by atoms with Crippen LogP contribution in [-0.4, -0.2) is 5.91 Å². The molecule has 0 bridgehead atoms. The second-order valence-electron chi connectivity index (χ2n) is 3.90. The molecule has 80 valence electrons. The van der Waals surface area contributed by atoms with Crippen molar-refractivity contribution in [2.45, 2.75) is 31.0 Å². The molecule has 1 aliphatic rings. The number of hydrogen-bond acceptors (Lipinski definition) is 1. The summed E-state index contributed by atoms with van der Waals surface area (Å²) in [6.45, 7) is 2.17. The van der Waals surface area contributed by atoms with Gasteiger partial charge in [-0.3, -0.25) is 4.79 Å². The van der Waals surface area contributed by atoms with Crippen molar-refractivity contribution in [2.24, 2.45) is 0 Å². The normalized spacial score (nSPS) is 16.0. The minimum absolute atomic E-state index is 0.101. The molecule has 1 aromatic rings. The van der Waals surface area contributed by atoms with E-state index in [9.17, 15) is 4.79 Å². The van der Waals surface area contributed by atoms with Crippen molar-refractivity contribution in [1.29, 1.82) is 0 Å². The zero-order valence-electron chi connectivity index (χ0n) is 8.72. The quantitative estimate of drug-likeness (QED) is 0.836. The van der Waals surface area contributed by atoms with Gasteiger partial charge in [-0.25, -0.2) is 0 Å². The number of anilines is 1. The number of amides is 1. The van der Waals surface area contributed by atoms with Crippen molar-refractivity contribution in [3.8, 4) is 0 Å². The highest BCUT2D eigenvalue weighted by molar-refractivity contribution is 9.09. The van der Waals surface area contributed by atoms with Crippen LogP contribution in [0.15, 0.2) is 18.2 Å². The van der Waals surface area contributed by atoms with Crippen molar-refractivity contribution < 1.29 is 4.79 Å². The molecule has 0 aliphatic carbocycles. The van der Waals surface area contributed by atoms with Crippen LogP contribution in [0.5, 0.6) is 0 Å². The Bertz CT molecular complexity index is 389.